The monoisotopic (exact) mass is 532 g/mol. The van der Waals surface area contributed by atoms with E-state index in [0.29, 0.717) is 29.0 Å². The van der Waals surface area contributed by atoms with Crippen LogP contribution in [0, 0.1) is 17.1 Å². The van der Waals surface area contributed by atoms with Crippen LogP contribution in [0.4, 0.5) is 4.39 Å². The Hall–Kier alpha value is -3.13. The van der Waals surface area contributed by atoms with Crippen LogP contribution in [0.5, 0.6) is 5.75 Å². The number of rotatable bonds is 9. The van der Waals surface area contributed by atoms with E-state index in [9.17, 15) is 22.3 Å². The van der Waals surface area contributed by atoms with Crippen molar-refractivity contribution in [2.45, 2.75) is 10.8 Å². The van der Waals surface area contributed by atoms with E-state index in [-0.39, 0.29) is 15.1 Å². The second-order valence-electron chi connectivity index (χ2n) is 7.51. The molecule has 4 rings (SSSR count). The molecule has 180 valence electrons. The minimum Gasteiger partial charge on any atom is -0.487 e. The van der Waals surface area contributed by atoms with Crippen LogP contribution in [-0.2, 0) is 21.1 Å². The van der Waals surface area contributed by atoms with Gasteiger partial charge in [0.15, 0.2) is 18.9 Å². The first-order valence-electron chi connectivity index (χ1n) is 10.3. The zero-order chi connectivity index (χ0) is 25.1. The summed E-state index contributed by atoms with van der Waals surface area (Å²) in [7, 11) is -8.36. The first-order chi connectivity index (χ1) is 16.7. The smallest absolute Gasteiger partial charge is 0.250 e. The molecule has 1 atom stereocenters. The SMILES string of the molecule is N#Cc1ccc(P(=O)(O)CNS(=O)(=O)c2cc3cc(OCC[n+]4ccccc4)ccc3s2)cc1F. The van der Waals surface area contributed by atoms with Crippen molar-refractivity contribution in [3.63, 3.8) is 0 Å². The standard InChI is InChI=1S/C23H19FN3O5PS2/c24-21-14-20(6-4-17(21)15-25)33(28,29)16-26-35(30,31)23-13-18-12-19(5-7-22(18)34-23)32-11-10-27-8-2-1-3-9-27/h1-9,12-14,26H,10-11,16H2/p+1. The Morgan fingerprint density at radius 1 is 1.14 bits per heavy atom. The molecule has 4 aromatic rings. The first kappa shape index (κ1) is 25.0. The number of aromatic nitrogens is 1. The summed E-state index contributed by atoms with van der Waals surface area (Å²) in [6.45, 7) is 1.08. The van der Waals surface area contributed by atoms with E-state index in [2.05, 4.69) is 4.72 Å². The van der Waals surface area contributed by atoms with Gasteiger partial charge in [-0.1, -0.05) is 6.07 Å². The minimum atomic E-state index is -4.26. The van der Waals surface area contributed by atoms with Crippen molar-refractivity contribution in [3.05, 3.63) is 84.4 Å². The van der Waals surface area contributed by atoms with Gasteiger partial charge in [0.25, 0.3) is 10.0 Å². The fourth-order valence-electron chi connectivity index (χ4n) is 3.22. The molecule has 2 aromatic heterocycles. The second-order valence-corrected chi connectivity index (χ2v) is 12.8. The summed E-state index contributed by atoms with van der Waals surface area (Å²) < 4.78 is 62.6. The molecular weight excluding hydrogens is 512 g/mol. The fourth-order valence-corrected chi connectivity index (χ4v) is 7.49. The van der Waals surface area contributed by atoms with Gasteiger partial charge in [0.05, 0.1) is 11.8 Å². The van der Waals surface area contributed by atoms with Crippen LogP contribution in [-0.4, -0.2) is 26.2 Å². The summed E-state index contributed by atoms with van der Waals surface area (Å²) in [4.78, 5) is 10.3. The van der Waals surface area contributed by atoms with Crippen molar-refractivity contribution < 1.29 is 31.6 Å². The van der Waals surface area contributed by atoms with Crippen LogP contribution >= 0.6 is 18.7 Å². The topological polar surface area (TPSA) is 120 Å². The zero-order valence-corrected chi connectivity index (χ0v) is 20.7. The largest absolute Gasteiger partial charge is 0.487 e. The van der Waals surface area contributed by atoms with E-state index in [0.717, 1.165) is 29.5 Å². The molecule has 35 heavy (non-hydrogen) atoms. The number of ether oxygens (including phenoxy) is 1. The second kappa shape index (κ2) is 10.2. The molecule has 0 radical (unpaired) electrons. The molecule has 0 saturated carbocycles. The number of pyridine rings is 1. The summed E-state index contributed by atoms with van der Waals surface area (Å²) in [5.74, 6) is -0.363. The van der Waals surface area contributed by atoms with Crippen molar-refractivity contribution in [1.29, 1.82) is 5.26 Å². The lowest BCUT2D eigenvalue weighted by atomic mass is 10.2. The number of hydrogen-bond donors (Lipinski definition) is 2. The number of nitrogens with one attached hydrogen (secondary N) is 1. The lowest BCUT2D eigenvalue weighted by Gasteiger charge is -2.13. The molecule has 0 aliphatic carbocycles. The van der Waals surface area contributed by atoms with E-state index in [1.54, 1.807) is 24.3 Å². The Morgan fingerprint density at radius 3 is 2.63 bits per heavy atom. The van der Waals surface area contributed by atoms with Gasteiger partial charge in [-0.2, -0.15) is 5.26 Å². The van der Waals surface area contributed by atoms with Crippen molar-refractivity contribution in [3.8, 4) is 11.8 Å². The van der Waals surface area contributed by atoms with Crippen LogP contribution in [0.2, 0.25) is 0 Å². The van der Waals surface area contributed by atoms with Crippen LogP contribution in [0.15, 0.2) is 77.3 Å². The average molecular weight is 533 g/mol. The van der Waals surface area contributed by atoms with Crippen LogP contribution in [0.25, 0.3) is 10.1 Å². The van der Waals surface area contributed by atoms with E-state index < -0.39 is 29.5 Å². The highest BCUT2D eigenvalue weighted by Crippen LogP contribution is 2.39. The van der Waals surface area contributed by atoms with Gasteiger partial charge in [0, 0.05) is 22.1 Å². The molecule has 2 aromatic carbocycles. The van der Waals surface area contributed by atoms with E-state index in [1.165, 1.54) is 6.07 Å². The summed E-state index contributed by atoms with van der Waals surface area (Å²) >= 11 is 1.01. The van der Waals surface area contributed by atoms with Crippen molar-refractivity contribution >= 4 is 44.1 Å². The van der Waals surface area contributed by atoms with Gasteiger partial charge in [0.1, 0.15) is 28.5 Å². The number of hydrogen-bond acceptors (Lipinski definition) is 6. The van der Waals surface area contributed by atoms with Crippen molar-refractivity contribution in [1.82, 2.24) is 4.72 Å². The maximum atomic E-state index is 13.8. The van der Waals surface area contributed by atoms with Gasteiger partial charge < -0.3 is 9.63 Å². The average Bonchev–Trinajstić information content (AvgIpc) is 3.28. The van der Waals surface area contributed by atoms with Gasteiger partial charge in [-0.3, -0.25) is 4.57 Å². The maximum absolute atomic E-state index is 13.8. The molecular formula is C23H20FN3O5PS2+. The lowest BCUT2D eigenvalue weighted by Crippen LogP contribution is -2.35. The summed E-state index contributed by atoms with van der Waals surface area (Å²) in [5, 5.41) is 9.16. The normalized spacial score (nSPS) is 13.3. The van der Waals surface area contributed by atoms with Gasteiger partial charge in [-0.05, 0) is 47.9 Å². The number of sulfonamides is 1. The Labute approximate surface area is 205 Å². The number of halogens is 1. The first-order valence-corrected chi connectivity index (χ1v) is 14.4. The highest BCUT2D eigenvalue weighted by atomic mass is 32.2. The Morgan fingerprint density at radius 2 is 1.91 bits per heavy atom. The molecule has 0 aliphatic heterocycles. The van der Waals surface area contributed by atoms with Crippen molar-refractivity contribution in [2.24, 2.45) is 0 Å². The molecule has 1 unspecified atom stereocenters. The predicted octanol–water partition coefficient (Wildman–Crippen LogP) is 3.11. The summed E-state index contributed by atoms with van der Waals surface area (Å²) in [6, 6.07) is 17.1. The third-order valence-electron chi connectivity index (χ3n) is 5.07. The third kappa shape index (κ3) is 5.93. The fraction of sp³-hybridized carbons (Fsp3) is 0.130. The number of fused-ring (bicyclic) bond motifs is 1. The van der Waals surface area contributed by atoms with Crippen LogP contribution in [0.3, 0.4) is 0 Å². The molecule has 0 fully saturated rings. The molecule has 0 aliphatic rings. The molecule has 0 bridgehead atoms. The van der Waals surface area contributed by atoms with Gasteiger partial charge in [0.2, 0.25) is 7.37 Å². The quantitative estimate of drug-likeness (QED) is 0.253. The molecule has 0 amide bonds. The molecule has 0 saturated heterocycles. The van der Waals surface area contributed by atoms with Crippen LogP contribution in [0.1, 0.15) is 5.56 Å². The van der Waals surface area contributed by atoms with E-state index in [4.69, 9.17) is 10.00 Å². The molecule has 12 heteroatoms. The Balaban J connectivity index is 1.44. The lowest BCUT2D eigenvalue weighted by molar-refractivity contribution is -0.697. The van der Waals surface area contributed by atoms with Gasteiger partial charge >= 0.3 is 0 Å². The Bertz CT molecular complexity index is 1570. The predicted molar refractivity (Wildman–Crippen MR) is 130 cm³/mol. The maximum Gasteiger partial charge on any atom is 0.250 e. The Kier molecular flexibility index (Phi) is 7.31. The van der Waals surface area contributed by atoms with Gasteiger partial charge in [-0.25, -0.2) is 22.1 Å². The van der Waals surface area contributed by atoms with Crippen molar-refractivity contribution in [2.75, 3.05) is 12.9 Å². The molecule has 0 spiro atoms. The van der Waals surface area contributed by atoms with Gasteiger partial charge in [-0.15, -0.1) is 11.3 Å². The highest BCUT2D eigenvalue weighted by molar-refractivity contribution is 7.92. The molecule has 8 nitrogen and oxygen atoms in total. The highest BCUT2D eigenvalue weighted by Gasteiger charge is 2.27. The van der Waals surface area contributed by atoms with E-state index >= 15 is 0 Å². The molecule has 2 heterocycles. The molecule has 2 N–H and O–H groups in total. The summed E-state index contributed by atoms with van der Waals surface area (Å²) in [5.41, 5.74) is -0.276. The number of benzene rings is 2. The number of nitrogens with zero attached hydrogens (tertiary/aromatic N) is 2. The van der Waals surface area contributed by atoms with E-state index in [1.807, 2.05) is 35.2 Å². The summed E-state index contributed by atoms with van der Waals surface area (Å²) in [6.07, 6.45) is 3.04. The minimum absolute atomic E-state index is 0.0319. The van der Waals surface area contributed by atoms with Crippen LogP contribution < -0.4 is 19.3 Å². The third-order valence-corrected chi connectivity index (χ3v) is 9.95. The zero-order valence-electron chi connectivity index (χ0n) is 18.2. The number of thiophene rings is 1. The number of nitriles is 1.